The molecule has 5 aromatic rings. The zero-order valence-electron chi connectivity index (χ0n) is 17.3. The van der Waals surface area contributed by atoms with Gasteiger partial charge in [-0.25, -0.2) is 0 Å². The summed E-state index contributed by atoms with van der Waals surface area (Å²) in [5.74, 6) is 0.272. The summed E-state index contributed by atoms with van der Waals surface area (Å²) in [7, 11) is 1.54. The summed E-state index contributed by atoms with van der Waals surface area (Å²) < 4.78 is 11.3. The average Bonchev–Trinajstić information content (AvgIpc) is 2.84. The molecule has 5 heteroatoms. The van der Waals surface area contributed by atoms with Gasteiger partial charge in [0.2, 0.25) is 11.3 Å². The van der Waals surface area contributed by atoms with Gasteiger partial charge in [0.15, 0.2) is 0 Å². The van der Waals surface area contributed by atoms with Gasteiger partial charge < -0.3 is 9.15 Å². The first kappa shape index (κ1) is 19.6. The van der Waals surface area contributed by atoms with Crippen molar-refractivity contribution >= 4 is 33.5 Å². The zero-order valence-corrected chi connectivity index (χ0v) is 17.3. The smallest absolute Gasteiger partial charge is 0.258 e. The Labute approximate surface area is 183 Å². The number of carbonyl (C=O) groups excluding carboxylic acids is 1. The second-order valence-corrected chi connectivity index (χ2v) is 7.34. The molecule has 0 aliphatic heterocycles. The molecule has 0 aliphatic carbocycles. The molecule has 0 fully saturated rings. The summed E-state index contributed by atoms with van der Waals surface area (Å²) in [5, 5.41) is 5.15. The van der Waals surface area contributed by atoms with Crippen LogP contribution in [-0.4, -0.2) is 13.0 Å². The maximum atomic E-state index is 13.6. The number of methoxy groups -OCH3 is 1. The minimum Gasteiger partial charge on any atom is -0.497 e. The number of carbonyl (C=O) groups is 1. The fourth-order valence-corrected chi connectivity index (χ4v) is 3.86. The van der Waals surface area contributed by atoms with Crippen molar-refractivity contribution in [3.63, 3.8) is 0 Å². The van der Waals surface area contributed by atoms with Crippen LogP contribution < -0.4 is 15.5 Å². The van der Waals surface area contributed by atoms with Gasteiger partial charge in [-0.2, -0.15) is 0 Å². The number of nitrogens with one attached hydrogen (secondary N) is 1. The van der Waals surface area contributed by atoms with Crippen LogP contribution in [0.25, 0.3) is 32.9 Å². The third-order valence-electron chi connectivity index (χ3n) is 5.42. The van der Waals surface area contributed by atoms with Crippen LogP contribution >= 0.6 is 0 Å². The average molecular weight is 421 g/mol. The van der Waals surface area contributed by atoms with Gasteiger partial charge in [-0.3, -0.25) is 14.9 Å². The summed E-state index contributed by atoms with van der Waals surface area (Å²) in [4.78, 5) is 26.6. The number of anilines is 1. The zero-order chi connectivity index (χ0) is 22.1. The molecule has 0 radical (unpaired) electrons. The largest absolute Gasteiger partial charge is 0.497 e. The Hall–Kier alpha value is -4.38. The van der Waals surface area contributed by atoms with E-state index in [0.29, 0.717) is 33.4 Å². The van der Waals surface area contributed by atoms with E-state index in [4.69, 9.17) is 9.15 Å². The maximum absolute atomic E-state index is 13.6. The monoisotopic (exact) mass is 421 g/mol. The molecule has 5 rings (SSSR count). The van der Waals surface area contributed by atoms with E-state index in [1.807, 2.05) is 42.5 Å². The first-order chi connectivity index (χ1) is 15.7. The summed E-state index contributed by atoms with van der Waals surface area (Å²) in [6.45, 7) is 0. The Bertz CT molecular complexity index is 1530. The molecule has 1 aromatic heterocycles. The van der Waals surface area contributed by atoms with Crippen molar-refractivity contribution in [1.82, 2.24) is 0 Å². The van der Waals surface area contributed by atoms with Gasteiger partial charge in [-0.1, -0.05) is 60.7 Å². The predicted molar refractivity (Wildman–Crippen MR) is 126 cm³/mol. The highest BCUT2D eigenvalue weighted by Crippen LogP contribution is 2.34. The van der Waals surface area contributed by atoms with E-state index in [9.17, 15) is 9.59 Å². The van der Waals surface area contributed by atoms with Crippen molar-refractivity contribution < 1.29 is 13.9 Å². The summed E-state index contributed by atoms with van der Waals surface area (Å²) >= 11 is 0. The van der Waals surface area contributed by atoms with Gasteiger partial charge in [0.25, 0.3) is 5.91 Å². The lowest BCUT2D eigenvalue weighted by molar-refractivity contribution is 0.102. The molecule has 0 saturated heterocycles. The predicted octanol–water partition coefficient (Wildman–Crippen LogP) is 5.87. The third kappa shape index (κ3) is 3.40. The molecule has 32 heavy (non-hydrogen) atoms. The number of ether oxygens (including phenoxy) is 1. The standard InChI is InChI=1S/C27H19NO4/c1-31-19-11-6-10-18(16-19)26(30)28-27-24(25(29)22-13-4-5-15-23(22)32-27)21-14-7-9-17-8-2-3-12-20(17)21/h2-16H,1H3,(H,28,30). The minimum atomic E-state index is -0.399. The number of hydrogen-bond acceptors (Lipinski definition) is 4. The number of fused-ring (bicyclic) bond motifs is 2. The molecule has 0 bridgehead atoms. The van der Waals surface area contributed by atoms with E-state index < -0.39 is 5.91 Å². The van der Waals surface area contributed by atoms with E-state index >= 15 is 0 Å². The molecular formula is C27H19NO4. The van der Waals surface area contributed by atoms with Crippen molar-refractivity contribution in [1.29, 1.82) is 0 Å². The van der Waals surface area contributed by atoms with Crippen LogP contribution in [0, 0.1) is 0 Å². The van der Waals surface area contributed by atoms with Gasteiger partial charge in [0, 0.05) is 5.56 Å². The molecule has 0 spiro atoms. The van der Waals surface area contributed by atoms with E-state index in [-0.39, 0.29) is 11.3 Å². The molecule has 1 N–H and O–H groups in total. The molecule has 0 atom stereocenters. The van der Waals surface area contributed by atoms with Gasteiger partial charge in [-0.15, -0.1) is 0 Å². The van der Waals surface area contributed by atoms with E-state index in [1.54, 1.807) is 48.5 Å². The molecule has 0 saturated carbocycles. The van der Waals surface area contributed by atoms with Crippen molar-refractivity contribution in [2.24, 2.45) is 0 Å². The quantitative estimate of drug-likeness (QED) is 0.394. The van der Waals surface area contributed by atoms with Crippen LogP contribution in [0.1, 0.15) is 10.4 Å². The first-order valence-electron chi connectivity index (χ1n) is 10.1. The molecule has 0 unspecified atom stereocenters. The van der Waals surface area contributed by atoms with Crippen molar-refractivity contribution in [3.05, 3.63) is 107 Å². The summed E-state index contributed by atoms with van der Waals surface area (Å²) in [5.41, 5.74) is 1.61. The Morgan fingerprint density at radius 1 is 0.844 bits per heavy atom. The van der Waals surface area contributed by atoms with Crippen LogP contribution in [-0.2, 0) is 0 Å². The Balaban J connectivity index is 1.73. The highest BCUT2D eigenvalue weighted by Gasteiger charge is 2.20. The van der Waals surface area contributed by atoms with Gasteiger partial charge in [0.05, 0.1) is 18.1 Å². The Kier molecular flexibility index (Phi) is 4.92. The van der Waals surface area contributed by atoms with Crippen molar-refractivity contribution in [2.75, 3.05) is 12.4 Å². The Morgan fingerprint density at radius 2 is 1.56 bits per heavy atom. The molecule has 1 heterocycles. The SMILES string of the molecule is COc1cccc(C(=O)Nc2oc3ccccc3c(=O)c2-c2cccc3ccccc23)c1. The molecule has 156 valence electrons. The lowest BCUT2D eigenvalue weighted by atomic mass is 9.97. The Morgan fingerprint density at radius 3 is 2.41 bits per heavy atom. The molecular weight excluding hydrogens is 402 g/mol. The van der Waals surface area contributed by atoms with Crippen molar-refractivity contribution in [2.45, 2.75) is 0 Å². The number of para-hydroxylation sites is 1. The highest BCUT2D eigenvalue weighted by atomic mass is 16.5. The van der Waals surface area contributed by atoms with Gasteiger partial charge in [-0.05, 0) is 46.7 Å². The van der Waals surface area contributed by atoms with Crippen LogP contribution in [0.4, 0.5) is 5.88 Å². The minimum absolute atomic E-state index is 0.109. The van der Waals surface area contributed by atoms with Gasteiger partial charge >= 0.3 is 0 Å². The molecule has 5 nitrogen and oxygen atoms in total. The number of rotatable bonds is 4. The topological polar surface area (TPSA) is 68.5 Å². The number of amides is 1. The van der Waals surface area contributed by atoms with Gasteiger partial charge in [0.1, 0.15) is 11.3 Å². The summed E-state index contributed by atoms with van der Waals surface area (Å²) in [6.07, 6.45) is 0. The van der Waals surface area contributed by atoms with E-state index in [0.717, 1.165) is 10.8 Å². The summed E-state index contributed by atoms with van der Waals surface area (Å²) in [6, 6.07) is 27.4. The third-order valence-corrected chi connectivity index (χ3v) is 5.42. The highest BCUT2D eigenvalue weighted by molar-refractivity contribution is 6.08. The maximum Gasteiger partial charge on any atom is 0.258 e. The lowest BCUT2D eigenvalue weighted by Gasteiger charge is -2.13. The van der Waals surface area contributed by atoms with Crippen LogP contribution in [0.3, 0.4) is 0 Å². The number of hydrogen-bond donors (Lipinski definition) is 1. The van der Waals surface area contributed by atoms with Crippen LogP contribution in [0.5, 0.6) is 5.75 Å². The van der Waals surface area contributed by atoms with E-state index in [1.165, 1.54) is 7.11 Å². The first-order valence-corrected chi connectivity index (χ1v) is 10.1. The van der Waals surface area contributed by atoms with Crippen LogP contribution in [0.2, 0.25) is 0 Å². The fourth-order valence-electron chi connectivity index (χ4n) is 3.86. The van der Waals surface area contributed by atoms with E-state index in [2.05, 4.69) is 5.32 Å². The molecule has 1 amide bonds. The fraction of sp³-hybridized carbons (Fsp3) is 0.0370. The number of benzene rings is 4. The molecule has 4 aromatic carbocycles. The second kappa shape index (κ2) is 8.04. The van der Waals surface area contributed by atoms with Crippen molar-refractivity contribution in [3.8, 4) is 16.9 Å². The van der Waals surface area contributed by atoms with Crippen LogP contribution in [0.15, 0.2) is 100 Å². The normalized spacial score (nSPS) is 10.9. The lowest BCUT2D eigenvalue weighted by Crippen LogP contribution is -2.16. The second-order valence-electron chi connectivity index (χ2n) is 7.34. The molecule has 0 aliphatic rings.